The molecule has 11 heteroatoms. The summed E-state index contributed by atoms with van der Waals surface area (Å²) in [4.78, 5) is 43.4. The van der Waals surface area contributed by atoms with Crippen molar-refractivity contribution in [3.05, 3.63) is 87.8 Å². The Bertz CT molecular complexity index is 1350. The molecule has 2 amide bonds. The van der Waals surface area contributed by atoms with Gasteiger partial charge in [0.05, 0.1) is 27.3 Å². The highest BCUT2D eigenvalue weighted by molar-refractivity contribution is 6.40. The third kappa shape index (κ3) is 6.26. The summed E-state index contributed by atoms with van der Waals surface area (Å²) in [6.07, 6.45) is 4.04. The van der Waals surface area contributed by atoms with Gasteiger partial charge in [-0.1, -0.05) is 59.4 Å². The Morgan fingerprint density at radius 3 is 2.28 bits per heavy atom. The Kier molecular flexibility index (Phi) is 8.93. The SMILES string of the molecule is CON=C(c1ccco1)C1(C(=O)N[C@@H](Cc2ccc(NC(=O)c3c(Cl)cccc3Cl)cc2)C(=O)O)CCCC1. The Labute approximate surface area is 235 Å². The number of nitrogens with zero attached hydrogens (tertiary/aromatic N) is 1. The number of furan rings is 1. The fraction of sp³-hybridized carbons (Fsp3) is 0.286. The first-order valence-corrected chi connectivity index (χ1v) is 13.0. The predicted molar refractivity (Wildman–Crippen MR) is 147 cm³/mol. The topological polar surface area (TPSA) is 130 Å². The maximum absolute atomic E-state index is 13.6. The molecule has 1 aliphatic carbocycles. The van der Waals surface area contributed by atoms with Crippen LogP contribution in [0.5, 0.6) is 0 Å². The fourth-order valence-electron chi connectivity index (χ4n) is 4.79. The van der Waals surface area contributed by atoms with Crippen molar-refractivity contribution in [3.63, 3.8) is 0 Å². The Morgan fingerprint density at radius 1 is 1.05 bits per heavy atom. The molecule has 0 aliphatic heterocycles. The molecule has 39 heavy (non-hydrogen) atoms. The first kappa shape index (κ1) is 28.2. The van der Waals surface area contributed by atoms with Gasteiger partial charge in [-0.25, -0.2) is 4.79 Å². The van der Waals surface area contributed by atoms with Crippen LogP contribution in [0.2, 0.25) is 10.0 Å². The van der Waals surface area contributed by atoms with Gasteiger partial charge in [0.25, 0.3) is 5.91 Å². The number of oxime groups is 1. The summed E-state index contributed by atoms with van der Waals surface area (Å²) >= 11 is 12.2. The summed E-state index contributed by atoms with van der Waals surface area (Å²) in [7, 11) is 1.39. The lowest BCUT2D eigenvalue weighted by molar-refractivity contribution is -0.143. The largest absolute Gasteiger partial charge is 0.480 e. The van der Waals surface area contributed by atoms with E-state index in [0.29, 0.717) is 35.6 Å². The summed E-state index contributed by atoms with van der Waals surface area (Å²) in [6.45, 7) is 0. The monoisotopic (exact) mass is 571 g/mol. The molecule has 0 radical (unpaired) electrons. The number of nitrogens with one attached hydrogen (secondary N) is 2. The molecule has 3 aromatic rings. The molecule has 9 nitrogen and oxygen atoms in total. The number of anilines is 1. The molecule has 0 bridgehead atoms. The normalized spacial score (nSPS) is 15.4. The molecule has 0 spiro atoms. The van der Waals surface area contributed by atoms with E-state index in [0.717, 1.165) is 12.8 Å². The number of benzene rings is 2. The lowest BCUT2D eigenvalue weighted by Crippen LogP contribution is -2.51. The van der Waals surface area contributed by atoms with Crippen LogP contribution in [0.1, 0.15) is 47.4 Å². The Balaban J connectivity index is 1.48. The van der Waals surface area contributed by atoms with Crippen molar-refractivity contribution in [2.24, 2.45) is 10.6 Å². The highest BCUT2D eigenvalue weighted by Crippen LogP contribution is 2.42. The summed E-state index contributed by atoms with van der Waals surface area (Å²) < 4.78 is 5.51. The maximum atomic E-state index is 13.6. The third-order valence-electron chi connectivity index (χ3n) is 6.73. The second kappa shape index (κ2) is 12.4. The van der Waals surface area contributed by atoms with Gasteiger partial charge in [0.2, 0.25) is 5.91 Å². The van der Waals surface area contributed by atoms with Crippen molar-refractivity contribution in [3.8, 4) is 0 Å². The van der Waals surface area contributed by atoms with E-state index in [-0.39, 0.29) is 22.0 Å². The van der Waals surface area contributed by atoms with Crippen LogP contribution in [-0.2, 0) is 20.8 Å². The maximum Gasteiger partial charge on any atom is 0.326 e. The van der Waals surface area contributed by atoms with Crippen LogP contribution in [0, 0.1) is 5.41 Å². The molecule has 3 N–H and O–H groups in total. The lowest BCUT2D eigenvalue weighted by Gasteiger charge is -2.29. The van der Waals surface area contributed by atoms with Gasteiger partial charge in [0, 0.05) is 12.1 Å². The van der Waals surface area contributed by atoms with E-state index in [4.69, 9.17) is 32.5 Å². The van der Waals surface area contributed by atoms with Gasteiger partial charge < -0.3 is 25.0 Å². The van der Waals surface area contributed by atoms with Crippen molar-refractivity contribution < 1.29 is 28.7 Å². The summed E-state index contributed by atoms with van der Waals surface area (Å²) in [5.41, 5.74) is 0.543. The zero-order chi connectivity index (χ0) is 28.0. The molecule has 1 saturated carbocycles. The van der Waals surface area contributed by atoms with E-state index in [1.54, 1.807) is 54.6 Å². The zero-order valence-electron chi connectivity index (χ0n) is 21.1. The van der Waals surface area contributed by atoms with Crippen LogP contribution >= 0.6 is 23.2 Å². The Morgan fingerprint density at radius 2 is 1.72 bits per heavy atom. The minimum Gasteiger partial charge on any atom is -0.480 e. The first-order valence-electron chi connectivity index (χ1n) is 12.3. The predicted octanol–water partition coefficient (Wildman–Crippen LogP) is 5.56. The van der Waals surface area contributed by atoms with Gasteiger partial charge in [0.1, 0.15) is 18.9 Å². The Hall–Kier alpha value is -3.82. The molecule has 2 aromatic carbocycles. The number of aliphatic carboxylic acids is 1. The molecule has 4 rings (SSSR count). The van der Waals surface area contributed by atoms with Crippen LogP contribution in [0.25, 0.3) is 0 Å². The van der Waals surface area contributed by atoms with Gasteiger partial charge in [-0.3, -0.25) is 9.59 Å². The van der Waals surface area contributed by atoms with Crippen molar-refractivity contribution in [2.45, 2.75) is 38.1 Å². The molecule has 1 aromatic heterocycles. The lowest BCUT2D eigenvalue weighted by atomic mass is 9.78. The molecule has 1 fully saturated rings. The number of hydrogen-bond donors (Lipinski definition) is 3. The molecule has 0 saturated heterocycles. The highest BCUT2D eigenvalue weighted by atomic mass is 35.5. The summed E-state index contributed by atoms with van der Waals surface area (Å²) in [6, 6.07) is 13.6. The number of amides is 2. The van der Waals surface area contributed by atoms with E-state index in [2.05, 4.69) is 15.8 Å². The number of rotatable bonds is 10. The molecular formula is C28H27Cl2N3O6. The van der Waals surface area contributed by atoms with E-state index in [1.807, 2.05) is 0 Å². The van der Waals surface area contributed by atoms with Gasteiger partial charge >= 0.3 is 5.97 Å². The number of carboxylic acid groups (broad SMARTS) is 1. The summed E-state index contributed by atoms with van der Waals surface area (Å²) in [5, 5.41) is 19.9. The number of carbonyl (C=O) groups excluding carboxylic acids is 2. The molecule has 1 atom stereocenters. The van der Waals surface area contributed by atoms with Crippen LogP contribution in [-0.4, -0.2) is 41.8 Å². The van der Waals surface area contributed by atoms with Crippen LogP contribution in [0.15, 0.2) is 70.4 Å². The number of halogens is 2. The first-order chi connectivity index (χ1) is 18.7. The molecule has 1 heterocycles. The van der Waals surface area contributed by atoms with Gasteiger partial charge in [-0.2, -0.15) is 0 Å². The zero-order valence-corrected chi connectivity index (χ0v) is 22.6. The van der Waals surface area contributed by atoms with Crippen LogP contribution < -0.4 is 10.6 Å². The molecule has 0 unspecified atom stereocenters. The van der Waals surface area contributed by atoms with E-state index in [9.17, 15) is 19.5 Å². The molecular weight excluding hydrogens is 545 g/mol. The average molecular weight is 572 g/mol. The van der Waals surface area contributed by atoms with Crippen molar-refractivity contribution >= 4 is 52.4 Å². The van der Waals surface area contributed by atoms with Gasteiger partial charge in [-0.15, -0.1) is 0 Å². The second-order valence-electron chi connectivity index (χ2n) is 9.21. The third-order valence-corrected chi connectivity index (χ3v) is 7.36. The van der Waals surface area contributed by atoms with Crippen molar-refractivity contribution in [2.75, 3.05) is 12.4 Å². The highest BCUT2D eigenvalue weighted by Gasteiger charge is 2.48. The minimum atomic E-state index is -1.20. The number of carbonyl (C=O) groups is 3. The van der Waals surface area contributed by atoms with Gasteiger partial charge in [0.15, 0.2) is 5.76 Å². The second-order valence-corrected chi connectivity index (χ2v) is 10.0. The quantitative estimate of drug-likeness (QED) is 0.215. The standard InChI is InChI=1S/C28H27Cl2N3O6/c1-38-33-24(22-8-5-15-39-22)28(13-2-3-14-28)27(37)32-21(26(35)36)16-17-9-11-18(12-10-17)31-25(34)23-19(29)6-4-7-20(23)30/h4-12,15,21H,2-3,13-14,16H2,1H3,(H,31,34)(H,32,37)(H,35,36)/t21-/m0/s1. The smallest absolute Gasteiger partial charge is 0.326 e. The van der Waals surface area contributed by atoms with E-state index in [1.165, 1.54) is 13.4 Å². The fourth-order valence-corrected chi connectivity index (χ4v) is 5.36. The van der Waals surface area contributed by atoms with Crippen LogP contribution in [0.3, 0.4) is 0 Å². The van der Waals surface area contributed by atoms with Crippen LogP contribution in [0.4, 0.5) is 5.69 Å². The number of hydrogen-bond acceptors (Lipinski definition) is 6. The van der Waals surface area contributed by atoms with Crippen molar-refractivity contribution in [1.29, 1.82) is 0 Å². The van der Waals surface area contributed by atoms with E-state index >= 15 is 0 Å². The number of carboxylic acids is 1. The van der Waals surface area contributed by atoms with E-state index < -0.39 is 29.2 Å². The van der Waals surface area contributed by atoms with Crippen molar-refractivity contribution in [1.82, 2.24) is 5.32 Å². The molecule has 1 aliphatic rings. The minimum absolute atomic E-state index is 0.0270. The van der Waals surface area contributed by atoms with Gasteiger partial charge in [-0.05, 0) is 54.8 Å². The average Bonchev–Trinajstić information content (AvgIpc) is 3.61. The summed E-state index contributed by atoms with van der Waals surface area (Å²) in [5.74, 6) is -1.69. The molecule has 204 valence electrons.